The maximum absolute atomic E-state index is 12.7. The zero-order valence-corrected chi connectivity index (χ0v) is 14.6. The van der Waals surface area contributed by atoms with Crippen LogP contribution in [0.25, 0.3) is 6.08 Å². The summed E-state index contributed by atoms with van der Waals surface area (Å²) in [6, 6.07) is 6.91. The van der Waals surface area contributed by atoms with E-state index >= 15 is 0 Å². The van der Waals surface area contributed by atoms with E-state index in [1.807, 2.05) is 0 Å². The van der Waals surface area contributed by atoms with Crippen molar-refractivity contribution < 1.29 is 24.6 Å². The van der Waals surface area contributed by atoms with Gasteiger partial charge in [-0.15, -0.1) is 0 Å². The third-order valence-corrected chi connectivity index (χ3v) is 4.77. The monoisotopic (exact) mass is 386 g/mol. The van der Waals surface area contributed by atoms with Crippen LogP contribution in [0.2, 0.25) is 0 Å². The van der Waals surface area contributed by atoms with Crippen molar-refractivity contribution in [2.24, 2.45) is 0 Å². The highest BCUT2D eigenvalue weighted by Crippen LogP contribution is 2.36. The van der Waals surface area contributed by atoms with Gasteiger partial charge in [0.2, 0.25) is 0 Å². The summed E-state index contributed by atoms with van der Waals surface area (Å²) in [6.07, 6.45) is 4.81. The molecule has 1 aromatic carbocycles. The predicted octanol–water partition coefficient (Wildman–Crippen LogP) is 2.88. The topological polar surface area (TPSA) is 108 Å². The zero-order chi connectivity index (χ0) is 18.8. The van der Waals surface area contributed by atoms with Gasteiger partial charge in [0.15, 0.2) is 4.32 Å². The molecule has 2 aromatic rings. The normalized spacial score (nSPS) is 15.5. The molecule has 1 aliphatic rings. The fraction of sp³-hybridized carbons (Fsp3) is 0. The quantitative estimate of drug-likeness (QED) is 0.610. The first-order valence-corrected chi connectivity index (χ1v) is 8.39. The first-order valence-electron chi connectivity index (χ1n) is 7.16. The molecule has 1 amide bonds. The van der Waals surface area contributed by atoms with Crippen LogP contribution in [-0.4, -0.2) is 37.4 Å². The average molecular weight is 386 g/mol. The first-order chi connectivity index (χ1) is 12.4. The summed E-state index contributed by atoms with van der Waals surface area (Å²) in [4.78, 5) is 40.6. The van der Waals surface area contributed by atoms with E-state index in [2.05, 4.69) is 4.98 Å². The molecule has 0 bridgehead atoms. The van der Waals surface area contributed by atoms with Gasteiger partial charge in [0.05, 0.1) is 21.7 Å². The Labute approximate surface area is 157 Å². The van der Waals surface area contributed by atoms with Gasteiger partial charge in [0, 0.05) is 12.4 Å². The molecule has 7 nitrogen and oxygen atoms in total. The van der Waals surface area contributed by atoms with Gasteiger partial charge >= 0.3 is 11.9 Å². The van der Waals surface area contributed by atoms with Crippen molar-refractivity contribution in [1.82, 2.24) is 4.98 Å². The minimum Gasteiger partial charge on any atom is -0.478 e. The van der Waals surface area contributed by atoms with Crippen molar-refractivity contribution in [2.45, 2.75) is 0 Å². The van der Waals surface area contributed by atoms with E-state index in [1.54, 1.807) is 30.6 Å². The highest BCUT2D eigenvalue weighted by molar-refractivity contribution is 8.27. The lowest BCUT2D eigenvalue weighted by Crippen LogP contribution is -2.28. The number of nitrogens with zero attached hydrogens (tertiary/aromatic N) is 2. The molecule has 0 spiro atoms. The van der Waals surface area contributed by atoms with Gasteiger partial charge in [-0.3, -0.25) is 14.7 Å². The lowest BCUT2D eigenvalue weighted by molar-refractivity contribution is -0.113. The number of carbonyl (C=O) groups is 3. The Balaban J connectivity index is 2.03. The molecule has 0 radical (unpaired) electrons. The third kappa shape index (κ3) is 3.48. The second-order valence-corrected chi connectivity index (χ2v) is 6.85. The molecule has 2 N–H and O–H groups in total. The minimum absolute atomic E-state index is 0.0999. The van der Waals surface area contributed by atoms with Crippen LogP contribution in [0.3, 0.4) is 0 Å². The third-order valence-electron chi connectivity index (χ3n) is 3.47. The smallest absolute Gasteiger partial charge is 0.335 e. The fourth-order valence-corrected chi connectivity index (χ4v) is 3.59. The number of thiocarbonyl (C=S) groups is 1. The van der Waals surface area contributed by atoms with E-state index in [0.29, 0.717) is 4.91 Å². The SMILES string of the molecule is O=C(O)c1cc(C(=O)O)cc(N2C(=O)/C(=C/c3ccncc3)SC2=S)c1. The summed E-state index contributed by atoms with van der Waals surface area (Å²) in [5.74, 6) is -3.05. The molecule has 3 rings (SSSR count). The van der Waals surface area contributed by atoms with Gasteiger partial charge < -0.3 is 10.2 Å². The Morgan fingerprint density at radius 3 is 2.19 bits per heavy atom. The molecular formula is C17H10N2O5S2. The van der Waals surface area contributed by atoms with Crippen LogP contribution in [-0.2, 0) is 4.79 Å². The van der Waals surface area contributed by atoms with Crippen molar-refractivity contribution in [1.29, 1.82) is 0 Å². The van der Waals surface area contributed by atoms with Crippen molar-refractivity contribution in [3.63, 3.8) is 0 Å². The van der Waals surface area contributed by atoms with Crippen molar-refractivity contribution in [3.05, 3.63) is 64.3 Å². The zero-order valence-electron chi connectivity index (χ0n) is 12.9. The van der Waals surface area contributed by atoms with Crippen LogP contribution in [0.15, 0.2) is 47.6 Å². The molecule has 0 aliphatic carbocycles. The number of carboxylic acids is 2. The number of carbonyl (C=O) groups excluding carboxylic acids is 1. The molecule has 1 aliphatic heterocycles. The number of thioether (sulfide) groups is 1. The van der Waals surface area contributed by atoms with Gasteiger partial charge in [-0.2, -0.15) is 0 Å². The largest absolute Gasteiger partial charge is 0.478 e. The van der Waals surface area contributed by atoms with Crippen LogP contribution in [0.1, 0.15) is 26.3 Å². The highest BCUT2D eigenvalue weighted by Gasteiger charge is 2.34. The fourth-order valence-electron chi connectivity index (χ4n) is 2.29. The molecule has 9 heteroatoms. The molecule has 1 saturated heterocycles. The van der Waals surface area contributed by atoms with Crippen molar-refractivity contribution in [3.8, 4) is 0 Å². The van der Waals surface area contributed by atoms with Gasteiger partial charge in [-0.25, -0.2) is 9.59 Å². The number of carboxylic acid groups (broad SMARTS) is 2. The van der Waals surface area contributed by atoms with Crippen molar-refractivity contribution >= 4 is 57.9 Å². The number of aromatic carboxylic acids is 2. The Bertz CT molecular complexity index is 940. The van der Waals surface area contributed by atoms with Gasteiger partial charge in [0.1, 0.15) is 0 Å². The molecule has 0 saturated carbocycles. The van der Waals surface area contributed by atoms with Gasteiger partial charge in [-0.1, -0.05) is 24.0 Å². The van der Waals surface area contributed by atoms with E-state index in [9.17, 15) is 24.6 Å². The lowest BCUT2D eigenvalue weighted by atomic mass is 10.1. The van der Waals surface area contributed by atoms with Gasteiger partial charge in [0.25, 0.3) is 5.91 Å². The average Bonchev–Trinajstić information content (AvgIpc) is 2.89. The Morgan fingerprint density at radius 2 is 1.65 bits per heavy atom. The van der Waals surface area contributed by atoms with Crippen LogP contribution in [0.5, 0.6) is 0 Å². The van der Waals surface area contributed by atoms with Gasteiger partial charge in [-0.05, 0) is 42.0 Å². The Hall–Kier alpha value is -3.04. The highest BCUT2D eigenvalue weighted by atomic mass is 32.2. The summed E-state index contributed by atoms with van der Waals surface area (Å²) in [5.41, 5.74) is 0.369. The Kier molecular flexibility index (Phi) is 4.83. The summed E-state index contributed by atoms with van der Waals surface area (Å²) < 4.78 is 0.189. The molecule has 1 aromatic heterocycles. The first kappa shape index (κ1) is 17.8. The van der Waals surface area contributed by atoms with E-state index in [-0.39, 0.29) is 21.1 Å². The second-order valence-electron chi connectivity index (χ2n) is 5.18. The maximum Gasteiger partial charge on any atom is 0.335 e. The number of anilines is 1. The minimum atomic E-state index is -1.30. The molecular weight excluding hydrogens is 376 g/mol. The van der Waals surface area contributed by atoms with E-state index in [0.717, 1.165) is 28.3 Å². The molecule has 130 valence electrons. The van der Waals surface area contributed by atoms with E-state index < -0.39 is 17.8 Å². The predicted molar refractivity (Wildman–Crippen MR) is 100 cm³/mol. The van der Waals surface area contributed by atoms with Crippen LogP contribution >= 0.6 is 24.0 Å². The Morgan fingerprint density at radius 1 is 1.08 bits per heavy atom. The second kappa shape index (κ2) is 7.06. The molecule has 0 atom stereocenters. The number of hydrogen-bond acceptors (Lipinski definition) is 6. The lowest BCUT2D eigenvalue weighted by Gasteiger charge is -2.16. The summed E-state index contributed by atoms with van der Waals surface area (Å²) in [5, 5.41) is 18.4. The summed E-state index contributed by atoms with van der Waals surface area (Å²) in [6.45, 7) is 0. The van der Waals surface area contributed by atoms with Crippen molar-refractivity contribution in [2.75, 3.05) is 4.90 Å². The summed E-state index contributed by atoms with van der Waals surface area (Å²) in [7, 11) is 0. The van der Waals surface area contributed by atoms with Crippen LogP contribution in [0, 0.1) is 0 Å². The van der Waals surface area contributed by atoms with Crippen LogP contribution in [0.4, 0.5) is 5.69 Å². The number of benzene rings is 1. The number of aromatic nitrogens is 1. The van der Waals surface area contributed by atoms with E-state index in [4.69, 9.17) is 12.2 Å². The number of rotatable bonds is 4. The number of amides is 1. The standard InChI is InChI=1S/C17H10N2O5S2/c20-14-13(5-9-1-3-18-4-2-9)26-17(25)19(14)12-7-10(15(21)22)6-11(8-12)16(23)24/h1-8H,(H,21,22)(H,23,24)/b13-5-. The van der Waals surface area contributed by atoms with E-state index in [1.165, 1.54) is 12.1 Å². The molecule has 26 heavy (non-hydrogen) atoms. The van der Waals surface area contributed by atoms with Crippen LogP contribution < -0.4 is 4.90 Å². The molecule has 0 unspecified atom stereocenters. The summed E-state index contributed by atoms with van der Waals surface area (Å²) >= 11 is 6.28. The maximum atomic E-state index is 12.7. The number of pyridine rings is 1. The number of hydrogen-bond donors (Lipinski definition) is 2. The molecule has 2 heterocycles. The molecule has 1 fully saturated rings.